The highest BCUT2D eigenvalue weighted by Crippen LogP contribution is 2.23. The molecule has 1 heterocycles. The third-order valence-electron chi connectivity index (χ3n) is 12.1. The SMILES string of the molecule is CC/C=C\C/C=C\C/C=C\C/C=C\CCCCCCCCCCC(=O)OC(COC(=O)CCCCCCCCCCC/C=C\C/C=C\CCCCCCC)COC1OC(CO)C(O)C(O)C1O. The van der Waals surface area contributed by atoms with Gasteiger partial charge in [0.05, 0.1) is 13.2 Å². The van der Waals surface area contributed by atoms with E-state index in [0.29, 0.717) is 6.42 Å². The van der Waals surface area contributed by atoms with Gasteiger partial charge in [0.2, 0.25) is 0 Å². The molecule has 1 fully saturated rings. The van der Waals surface area contributed by atoms with Crippen LogP contribution in [0.15, 0.2) is 72.9 Å². The van der Waals surface area contributed by atoms with Gasteiger partial charge in [0.15, 0.2) is 12.4 Å². The Labute approximate surface area is 408 Å². The van der Waals surface area contributed by atoms with E-state index >= 15 is 0 Å². The molecule has 67 heavy (non-hydrogen) atoms. The van der Waals surface area contributed by atoms with E-state index in [1.165, 1.54) is 96.3 Å². The second kappa shape index (κ2) is 46.8. The van der Waals surface area contributed by atoms with Gasteiger partial charge in [0, 0.05) is 12.8 Å². The second-order valence-corrected chi connectivity index (χ2v) is 18.3. The zero-order valence-corrected chi connectivity index (χ0v) is 42.4. The van der Waals surface area contributed by atoms with Crippen LogP contribution in [0.4, 0.5) is 0 Å². The van der Waals surface area contributed by atoms with Crippen LogP contribution < -0.4 is 0 Å². The number of esters is 2. The van der Waals surface area contributed by atoms with Gasteiger partial charge in [-0.3, -0.25) is 9.59 Å². The zero-order valence-electron chi connectivity index (χ0n) is 42.4. The van der Waals surface area contributed by atoms with Crippen molar-refractivity contribution >= 4 is 11.9 Å². The van der Waals surface area contributed by atoms with Crippen LogP contribution in [0, 0.1) is 0 Å². The monoisotopic (exact) mass is 943 g/mol. The van der Waals surface area contributed by atoms with E-state index in [9.17, 15) is 30.0 Å². The van der Waals surface area contributed by atoms with Crippen LogP contribution in [0.25, 0.3) is 0 Å². The van der Waals surface area contributed by atoms with Gasteiger partial charge in [-0.1, -0.05) is 196 Å². The maximum absolute atomic E-state index is 12.9. The summed E-state index contributed by atoms with van der Waals surface area (Å²) in [6, 6.07) is 0. The molecule has 1 aliphatic rings. The van der Waals surface area contributed by atoms with Gasteiger partial charge in [-0.15, -0.1) is 0 Å². The van der Waals surface area contributed by atoms with Crippen molar-refractivity contribution in [3.05, 3.63) is 72.9 Å². The summed E-state index contributed by atoms with van der Waals surface area (Å²) >= 11 is 0. The lowest BCUT2D eigenvalue weighted by molar-refractivity contribution is -0.305. The van der Waals surface area contributed by atoms with E-state index in [1.807, 2.05) is 0 Å². The number of rotatable bonds is 45. The zero-order chi connectivity index (χ0) is 48.7. The molecule has 10 heteroatoms. The summed E-state index contributed by atoms with van der Waals surface area (Å²) < 4.78 is 22.3. The third-order valence-corrected chi connectivity index (χ3v) is 12.1. The highest BCUT2D eigenvalue weighted by Gasteiger charge is 2.44. The van der Waals surface area contributed by atoms with E-state index in [4.69, 9.17) is 18.9 Å². The molecule has 1 saturated heterocycles. The van der Waals surface area contributed by atoms with Crippen molar-refractivity contribution in [1.29, 1.82) is 0 Å². The summed E-state index contributed by atoms with van der Waals surface area (Å²) in [6.45, 7) is 3.31. The summed E-state index contributed by atoms with van der Waals surface area (Å²) in [4.78, 5) is 25.5. The van der Waals surface area contributed by atoms with Gasteiger partial charge < -0.3 is 39.4 Å². The van der Waals surface area contributed by atoms with Crippen molar-refractivity contribution in [2.24, 2.45) is 0 Å². The number of unbranched alkanes of at least 4 members (excludes halogenated alkanes) is 22. The van der Waals surface area contributed by atoms with Crippen LogP contribution in [0.1, 0.15) is 219 Å². The van der Waals surface area contributed by atoms with Crippen LogP contribution in [-0.2, 0) is 28.5 Å². The summed E-state index contributed by atoms with van der Waals surface area (Å²) in [5.74, 6) is -0.820. The standard InChI is InChI=1S/C57H98O10/c1-3-5-7-9-11-13-15-17-19-21-23-25-27-29-31-33-35-37-39-41-43-45-52(59)64-48-50(49-65-57-56(63)55(62)54(61)51(47-58)67-57)66-53(60)46-44-42-40-38-36-34-32-30-28-26-24-22-20-18-16-14-12-10-8-6-4-2/h6,8,12,14-15,17-18,20-21,23-24,26,50-51,54-58,61-63H,3-5,7,9-11,13,16,19,22,25,27-49H2,1-2H3/b8-6-,14-12-,17-15-,20-18-,23-21-,26-24-. The average molecular weight is 943 g/mol. The fourth-order valence-electron chi connectivity index (χ4n) is 7.86. The molecule has 4 N–H and O–H groups in total. The Hall–Kier alpha value is -2.86. The Bertz CT molecular complexity index is 1320. The fraction of sp³-hybridized carbons (Fsp3) is 0.754. The Morgan fingerprint density at radius 1 is 0.478 bits per heavy atom. The number of hydrogen-bond donors (Lipinski definition) is 4. The van der Waals surface area contributed by atoms with Crippen molar-refractivity contribution in [2.45, 2.75) is 256 Å². The predicted octanol–water partition coefficient (Wildman–Crippen LogP) is 13.1. The number of aliphatic hydroxyl groups excluding tert-OH is 4. The Balaban J connectivity index is 2.25. The quantitative estimate of drug-likeness (QED) is 0.0264. The first kappa shape index (κ1) is 62.2. The Morgan fingerprint density at radius 2 is 0.881 bits per heavy atom. The van der Waals surface area contributed by atoms with Gasteiger partial charge in [-0.05, 0) is 83.5 Å². The highest BCUT2D eigenvalue weighted by molar-refractivity contribution is 5.70. The number of allylic oxidation sites excluding steroid dienone is 12. The lowest BCUT2D eigenvalue weighted by Crippen LogP contribution is -2.59. The number of aliphatic hydroxyl groups is 4. The van der Waals surface area contributed by atoms with Crippen molar-refractivity contribution in [3.8, 4) is 0 Å². The van der Waals surface area contributed by atoms with Crippen molar-refractivity contribution in [1.82, 2.24) is 0 Å². The molecule has 0 saturated carbocycles. The fourth-order valence-corrected chi connectivity index (χ4v) is 7.86. The first-order chi connectivity index (χ1) is 32.8. The molecular formula is C57H98O10. The van der Waals surface area contributed by atoms with E-state index < -0.39 is 49.4 Å². The number of hydrogen-bond acceptors (Lipinski definition) is 10. The molecule has 0 bridgehead atoms. The van der Waals surface area contributed by atoms with E-state index in [2.05, 4.69) is 86.8 Å². The van der Waals surface area contributed by atoms with Gasteiger partial charge in [0.1, 0.15) is 31.0 Å². The summed E-state index contributed by atoms with van der Waals surface area (Å²) in [6.07, 6.45) is 53.3. The Kier molecular flexibility index (Phi) is 43.5. The minimum absolute atomic E-state index is 0.216. The molecule has 10 nitrogen and oxygen atoms in total. The molecule has 0 aromatic carbocycles. The highest BCUT2D eigenvalue weighted by atomic mass is 16.7. The summed E-state index contributed by atoms with van der Waals surface area (Å²) in [7, 11) is 0. The third kappa shape index (κ3) is 37.7. The maximum Gasteiger partial charge on any atom is 0.306 e. The molecule has 0 aromatic rings. The first-order valence-corrected chi connectivity index (χ1v) is 27.0. The minimum atomic E-state index is -1.60. The van der Waals surface area contributed by atoms with Gasteiger partial charge in [-0.2, -0.15) is 0 Å². The van der Waals surface area contributed by atoms with Crippen molar-refractivity contribution < 1.29 is 49.0 Å². The van der Waals surface area contributed by atoms with Crippen LogP contribution in [0.3, 0.4) is 0 Å². The molecule has 6 atom stereocenters. The molecule has 386 valence electrons. The smallest absolute Gasteiger partial charge is 0.306 e. The molecular weight excluding hydrogens is 845 g/mol. The molecule has 6 unspecified atom stereocenters. The normalized spacial score (nSPS) is 19.6. The lowest BCUT2D eigenvalue weighted by Gasteiger charge is -2.39. The molecule has 1 aliphatic heterocycles. The molecule has 0 spiro atoms. The van der Waals surface area contributed by atoms with E-state index in [1.54, 1.807) is 0 Å². The number of carbonyl (C=O) groups is 2. The average Bonchev–Trinajstić information content (AvgIpc) is 3.33. The molecule has 1 rings (SSSR count). The molecule has 0 aromatic heterocycles. The molecule has 0 aliphatic carbocycles. The number of carbonyl (C=O) groups excluding carboxylic acids is 2. The first-order valence-electron chi connectivity index (χ1n) is 27.0. The molecule has 0 radical (unpaired) electrons. The van der Waals surface area contributed by atoms with Gasteiger partial charge in [-0.25, -0.2) is 0 Å². The number of ether oxygens (including phenoxy) is 4. The molecule has 0 amide bonds. The van der Waals surface area contributed by atoms with E-state index in [0.717, 1.165) is 89.9 Å². The lowest BCUT2D eigenvalue weighted by atomic mass is 9.99. The predicted molar refractivity (Wildman–Crippen MR) is 274 cm³/mol. The maximum atomic E-state index is 12.9. The van der Waals surface area contributed by atoms with Crippen molar-refractivity contribution in [3.63, 3.8) is 0 Å². The van der Waals surface area contributed by atoms with Crippen molar-refractivity contribution in [2.75, 3.05) is 19.8 Å². The van der Waals surface area contributed by atoms with Crippen LogP contribution in [0.5, 0.6) is 0 Å². The Morgan fingerprint density at radius 3 is 1.33 bits per heavy atom. The minimum Gasteiger partial charge on any atom is -0.462 e. The second-order valence-electron chi connectivity index (χ2n) is 18.3. The van der Waals surface area contributed by atoms with Crippen LogP contribution >= 0.6 is 0 Å². The van der Waals surface area contributed by atoms with Crippen LogP contribution in [0.2, 0.25) is 0 Å². The van der Waals surface area contributed by atoms with E-state index in [-0.39, 0.29) is 32.0 Å². The summed E-state index contributed by atoms with van der Waals surface area (Å²) in [5, 5.41) is 40.3. The van der Waals surface area contributed by atoms with Crippen LogP contribution in [-0.4, -0.2) is 89.0 Å². The van der Waals surface area contributed by atoms with Gasteiger partial charge in [0.25, 0.3) is 0 Å². The summed E-state index contributed by atoms with van der Waals surface area (Å²) in [5.41, 5.74) is 0. The topological polar surface area (TPSA) is 152 Å². The van der Waals surface area contributed by atoms with Gasteiger partial charge >= 0.3 is 11.9 Å². The largest absolute Gasteiger partial charge is 0.462 e.